The minimum atomic E-state index is -1.24. The fourth-order valence-electron chi connectivity index (χ4n) is 2.47. The van der Waals surface area contributed by atoms with Gasteiger partial charge in [0.25, 0.3) is 0 Å². The smallest absolute Gasteiger partial charge is 0.336 e. The van der Waals surface area contributed by atoms with Gasteiger partial charge in [-0.3, -0.25) is 0 Å². The monoisotopic (exact) mass is 296 g/mol. The van der Waals surface area contributed by atoms with Crippen LogP contribution in [0.5, 0.6) is 0 Å². The predicted octanol–water partition coefficient (Wildman–Crippen LogP) is 3.40. The number of aromatic carboxylic acids is 2. The van der Waals surface area contributed by atoms with Gasteiger partial charge in [0, 0.05) is 0 Å². The van der Waals surface area contributed by atoms with E-state index in [1.807, 2.05) is 30.3 Å². The second-order valence-corrected chi connectivity index (χ2v) is 4.89. The quantitative estimate of drug-likeness (QED) is 0.801. The van der Waals surface area contributed by atoms with E-state index in [4.69, 9.17) is 0 Å². The largest absolute Gasteiger partial charge is 0.478 e. The Morgan fingerprint density at radius 1 is 1.00 bits per heavy atom. The molecule has 0 amide bonds. The molecule has 0 bridgehead atoms. The number of rotatable bonds is 6. The first-order chi connectivity index (χ1) is 10.5. The van der Waals surface area contributed by atoms with Crippen LogP contribution in [-0.2, 0) is 12.8 Å². The van der Waals surface area contributed by atoms with Crippen molar-refractivity contribution in [3.63, 3.8) is 0 Å². The summed E-state index contributed by atoms with van der Waals surface area (Å²) in [5.74, 6) is -2.47. The Balaban J connectivity index is 2.59. The number of allylic oxidation sites excluding steroid dienone is 1. The van der Waals surface area contributed by atoms with Gasteiger partial charge >= 0.3 is 11.9 Å². The molecule has 112 valence electrons. The van der Waals surface area contributed by atoms with Crippen molar-refractivity contribution >= 4 is 11.9 Å². The highest BCUT2D eigenvalue weighted by atomic mass is 16.4. The van der Waals surface area contributed by atoms with Crippen molar-refractivity contribution in [2.24, 2.45) is 0 Å². The van der Waals surface area contributed by atoms with E-state index in [1.54, 1.807) is 12.1 Å². The van der Waals surface area contributed by atoms with Gasteiger partial charge in [-0.15, -0.1) is 6.58 Å². The summed E-state index contributed by atoms with van der Waals surface area (Å²) < 4.78 is 0. The second kappa shape index (κ2) is 6.72. The second-order valence-electron chi connectivity index (χ2n) is 4.89. The summed E-state index contributed by atoms with van der Waals surface area (Å²) in [7, 11) is 0. The molecule has 4 nitrogen and oxygen atoms in total. The third-order valence-electron chi connectivity index (χ3n) is 3.44. The molecule has 2 rings (SSSR count). The summed E-state index contributed by atoms with van der Waals surface area (Å²) in [5.41, 5.74) is 1.99. The predicted molar refractivity (Wildman–Crippen MR) is 83.5 cm³/mol. The molecule has 0 saturated carbocycles. The van der Waals surface area contributed by atoms with E-state index in [9.17, 15) is 19.8 Å². The molecule has 0 atom stereocenters. The van der Waals surface area contributed by atoms with Crippen LogP contribution in [0, 0.1) is 0 Å². The number of carboxylic acids is 2. The van der Waals surface area contributed by atoms with Gasteiger partial charge in [-0.25, -0.2) is 9.59 Å². The number of benzene rings is 2. The zero-order valence-corrected chi connectivity index (χ0v) is 12.0. The van der Waals surface area contributed by atoms with Crippen LogP contribution in [0.1, 0.15) is 37.4 Å². The van der Waals surface area contributed by atoms with Gasteiger partial charge in [-0.1, -0.05) is 42.5 Å². The van der Waals surface area contributed by atoms with Crippen LogP contribution < -0.4 is 0 Å². The van der Waals surface area contributed by atoms with Gasteiger partial charge in [0.15, 0.2) is 0 Å². The summed E-state index contributed by atoms with van der Waals surface area (Å²) in [6.07, 6.45) is 2.44. The van der Waals surface area contributed by atoms with Crippen LogP contribution in [0.3, 0.4) is 0 Å². The molecule has 0 radical (unpaired) electrons. The molecular weight excluding hydrogens is 280 g/mol. The number of carbonyl (C=O) groups is 2. The highest BCUT2D eigenvalue weighted by molar-refractivity contribution is 6.03. The van der Waals surface area contributed by atoms with E-state index < -0.39 is 11.9 Å². The molecule has 0 aliphatic heterocycles. The molecule has 0 saturated heterocycles. The molecule has 0 aliphatic rings. The standard InChI is InChI=1S/C18H16O4/c1-2-6-14-13(11-12-7-4-3-5-8-12)9-10-15(17(19)20)16(14)18(21)22/h2-5,7-10H,1,6,11H2,(H,19,20)(H,21,22). The van der Waals surface area contributed by atoms with Gasteiger partial charge in [0.05, 0.1) is 11.1 Å². The highest BCUT2D eigenvalue weighted by Crippen LogP contribution is 2.23. The molecule has 0 aromatic heterocycles. The maximum absolute atomic E-state index is 11.5. The molecule has 0 spiro atoms. The Bertz CT molecular complexity index is 717. The van der Waals surface area contributed by atoms with E-state index in [0.29, 0.717) is 18.4 Å². The molecule has 22 heavy (non-hydrogen) atoms. The van der Waals surface area contributed by atoms with Crippen LogP contribution in [0.25, 0.3) is 0 Å². The van der Waals surface area contributed by atoms with Crippen molar-refractivity contribution < 1.29 is 19.8 Å². The van der Waals surface area contributed by atoms with Crippen LogP contribution in [-0.4, -0.2) is 22.2 Å². The number of hydrogen-bond donors (Lipinski definition) is 2. The summed E-state index contributed by atoms with van der Waals surface area (Å²) in [6.45, 7) is 3.64. The van der Waals surface area contributed by atoms with Crippen molar-refractivity contribution in [1.29, 1.82) is 0 Å². The minimum absolute atomic E-state index is 0.152. The van der Waals surface area contributed by atoms with Crippen molar-refractivity contribution in [3.05, 3.63) is 82.9 Å². The summed E-state index contributed by atoms with van der Waals surface area (Å²) >= 11 is 0. The summed E-state index contributed by atoms with van der Waals surface area (Å²) in [4.78, 5) is 22.8. The molecule has 2 aromatic rings. The maximum atomic E-state index is 11.5. The van der Waals surface area contributed by atoms with Crippen molar-refractivity contribution in [3.8, 4) is 0 Å². The third kappa shape index (κ3) is 3.23. The lowest BCUT2D eigenvalue weighted by Crippen LogP contribution is -2.13. The lowest BCUT2D eigenvalue weighted by atomic mass is 9.90. The zero-order chi connectivity index (χ0) is 16.1. The minimum Gasteiger partial charge on any atom is -0.478 e. The van der Waals surface area contributed by atoms with Crippen molar-refractivity contribution in [2.45, 2.75) is 12.8 Å². The van der Waals surface area contributed by atoms with Crippen LogP contribution in [0.2, 0.25) is 0 Å². The molecule has 0 unspecified atom stereocenters. The molecule has 0 fully saturated rings. The lowest BCUT2D eigenvalue weighted by Gasteiger charge is -2.14. The van der Waals surface area contributed by atoms with Crippen LogP contribution >= 0.6 is 0 Å². The molecule has 0 heterocycles. The Labute approximate surface area is 128 Å². The first-order valence-corrected chi connectivity index (χ1v) is 6.80. The highest BCUT2D eigenvalue weighted by Gasteiger charge is 2.22. The SMILES string of the molecule is C=CCc1c(Cc2ccccc2)ccc(C(=O)O)c1C(=O)O. The fourth-order valence-corrected chi connectivity index (χ4v) is 2.47. The van der Waals surface area contributed by atoms with Gasteiger partial charge < -0.3 is 10.2 Å². The van der Waals surface area contributed by atoms with E-state index in [2.05, 4.69) is 6.58 Å². The van der Waals surface area contributed by atoms with Gasteiger partial charge in [0.1, 0.15) is 0 Å². The molecule has 2 N–H and O–H groups in total. The summed E-state index contributed by atoms with van der Waals surface area (Å²) in [5, 5.41) is 18.6. The van der Waals surface area contributed by atoms with E-state index >= 15 is 0 Å². The average Bonchev–Trinajstić information content (AvgIpc) is 2.49. The van der Waals surface area contributed by atoms with E-state index in [-0.39, 0.29) is 11.1 Å². The fraction of sp³-hybridized carbons (Fsp3) is 0.111. The van der Waals surface area contributed by atoms with Crippen LogP contribution in [0.15, 0.2) is 55.1 Å². The molecule has 0 aliphatic carbocycles. The molecular formula is C18H16O4. The van der Waals surface area contributed by atoms with Gasteiger partial charge in [-0.05, 0) is 35.6 Å². The Hall–Kier alpha value is -2.88. The lowest BCUT2D eigenvalue weighted by molar-refractivity contribution is 0.0650. The van der Waals surface area contributed by atoms with E-state index in [0.717, 1.165) is 11.1 Å². The van der Waals surface area contributed by atoms with Crippen molar-refractivity contribution in [1.82, 2.24) is 0 Å². The first kappa shape index (κ1) is 15.5. The van der Waals surface area contributed by atoms with Gasteiger partial charge in [0.2, 0.25) is 0 Å². The van der Waals surface area contributed by atoms with E-state index in [1.165, 1.54) is 6.07 Å². The Morgan fingerprint density at radius 2 is 1.68 bits per heavy atom. The Morgan fingerprint density at radius 3 is 2.23 bits per heavy atom. The zero-order valence-electron chi connectivity index (χ0n) is 12.0. The van der Waals surface area contributed by atoms with Crippen molar-refractivity contribution in [2.75, 3.05) is 0 Å². The first-order valence-electron chi connectivity index (χ1n) is 6.80. The normalized spacial score (nSPS) is 10.2. The number of carboxylic acid groups (broad SMARTS) is 2. The Kier molecular flexibility index (Phi) is 4.73. The molecule has 4 heteroatoms. The molecule has 2 aromatic carbocycles. The topological polar surface area (TPSA) is 74.6 Å². The van der Waals surface area contributed by atoms with Gasteiger partial charge in [-0.2, -0.15) is 0 Å². The third-order valence-corrected chi connectivity index (χ3v) is 3.44. The summed E-state index contributed by atoms with van der Waals surface area (Å²) in [6, 6.07) is 12.7. The maximum Gasteiger partial charge on any atom is 0.336 e. The average molecular weight is 296 g/mol. The number of hydrogen-bond acceptors (Lipinski definition) is 2. The van der Waals surface area contributed by atoms with Crippen LogP contribution in [0.4, 0.5) is 0 Å².